The average molecular weight is 325 g/mol. The maximum absolute atomic E-state index is 12.6. The van der Waals surface area contributed by atoms with Crippen LogP contribution in [0.15, 0.2) is 46.9 Å². The number of carbonyl (C=O) groups is 1. The van der Waals surface area contributed by atoms with E-state index in [4.69, 9.17) is 13.9 Å². The van der Waals surface area contributed by atoms with Crippen molar-refractivity contribution < 1.29 is 18.7 Å². The molecule has 3 rings (SSSR count). The molecule has 0 fully saturated rings. The SMILES string of the molecule is COCc1cccc(NC(=O)c2oc3ccc(OC)cc3c2C)c1. The highest BCUT2D eigenvalue weighted by molar-refractivity contribution is 6.06. The number of rotatable bonds is 5. The molecule has 0 saturated heterocycles. The number of ether oxygens (including phenoxy) is 2. The largest absolute Gasteiger partial charge is 0.497 e. The number of methoxy groups -OCH3 is 2. The topological polar surface area (TPSA) is 60.7 Å². The highest BCUT2D eigenvalue weighted by Gasteiger charge is 2.18. The van der Waals surface area contributed by atoms with E-state index in [0.717, 1.165) is 22.3 Å². The van der Waals surface area contributed by atoms with E-state index >= 15 is 0 Å². The van der Waals surface area contributed by atoms with Crippen LogP contribution >= 0.6 is 0 Å². The van der Waals surface area contributed by atoms with Gasteiger partial charge in [0.05, 0.1) is 13.7 Å². The number of anilines is 1. The minimum Gasteiger partial charge on any atom is -0.497 e. The van der Waals surface area contributed by atoms with Crippen molar-refractivity contribution in [2.75, 3.05) is 19.5 Å². The molecular weight excluding hydrogens is 306 g/mol. The Bertz CT molecular complexity index is 882. The lowest BCUT2D eigenvalue weighted by Crippen LogP contribution is -2.12. The van der Waals surface area contributed by atoms with Crippen LogP contribution < -0.4 is 10.1 Å². The Labute approximate surface area is 140 Å². The van der Waals surface area contributed by atoms with Crippen molar-refractivity contribution in [2.45, 2.75) is 13.5 Å². The molecule has 0 spiro atoms. The molecule has 0 atom stereocenters. The molecule has 0 saturated carbocycles. The predicted octanol–water partition coefficient (Wildman–Crippen LogP) is 4.15. The van der Waals surface area contributed by atoms with Crippen LogP contribution in [0, 0.1) is 6.92 Å². The molecule has 1 aromatic heterocycles. The Balaban J connectivity index is 1.88. The van der Waals surface area contributed by atoms with E-state index in [0.29, 0.717) is 23.6 Å². The summed E-state index contributed by atoms with van der Waals surface area (Å²) in [5.41, 5.74) is 3.13. The van der Waals surface area contributed by atoms with Crippen molar-refractivity contribution in [3.63, 3.8) is 0 Å². The second-order valence-corrected chi connectivity index (χ2v) is 5.51. The first-order valence-corrected chi connectivity index (χ1v) is 7.58. The number of fused-ring (bicyclic) bond motifs is 1. The van der Waals surface area contributed by atoms with Crippen LogP contribution in [-0.2, 0) is 11.3 Å². The van der Waals surface area contributed by atoms with E-state index < -0.39 is 0 Å². The van der Waals surface area contributed by atoms with Crippen molar-refractivity contribution in [1.82, 2.24) is 0 Å². The normalized spacial score (nSPS) is 10.8. The number of benzene rings is 2. The maximum Gasteiger partial charge on any atom is 0.291 e. The molecule has 5 heteroatoms. The monoisotopic (exact) mass is 325 g/mol. The highest BCUT2D eigenvalue weighted by Crippen LogP contribution is 2.29. The first-order chi connectivity index (χ1) is 11.6. The summed E-state index contributed by atoms with van der Waals surface area (Å²) in [6, 6.07) is 13.0. The van der Waals surface area contributed by atoms with Gasteiger partial charge in [-0.1, -0.05) is 12.1 Å². The minimum absolute atomic E-state index is 0.280. The summed E-state index contributed by atoms with van der Waals surface area (Å²) in [6.07, 6.45) is 0. The van der Waals surface area contributed by atoms with Gasteiger partial charge in [0.15, 0.2) is 5.76 Å². The molecule has 1 heterocycles. The number of nitrogens with one attached hydrogen (secondary N) is 1. The van der Waals surface area contributed by atoms with Gasteiger partial charge in [-0.15, -0.1) is 0 Å². The fourth-order valence-corrected chi connectivity index (χ4v) is 2.64. The molecule has 0 unspecified atom stereocenters. The third-order valence-corrected chi connectivity index (χ3v) is 3.85. The van der Waals surface area contributed by atoms with E-state index in [-0.39, 0.29) is 5.91 Å². The minimum atomic E-state index is -0.280. The van der Waals surface area contributed by atoms with Gasteiger partial charge >= 0.3 is 0 Å². The molecule has 5 nitrogen and oxygen atoms in total. The van der Waals surface area contributed by atoms with Crippen molar-refractivity contribution in [2.24, 2.45) is 0 Å². The third-order valence-electron chi connectivity index (χ3n) is 3.85. The smallest absolute Gasteiger partial charge is 0.291 e. The van der Waals surface area contributed by atoms with Crippen LogP contribution in [0.5, 0.6) is 5.75 Å². The van der Waals surface area contributed by atoms with Gasteiger partial charge in [0, 0.05) is 23.7 Å². The molecular formula is C19H19NO4. The maximum atomic E-state index is 12.6. The first-order valence-electron chi connectivity index (χ1n) is 7.58. The Morgan fingerprint density at radius 1 is 1.17 bits per heavy atom. The van der Waals surface area contributed by atoms with E-state index in [1.165, 1.54) is 0 Å². The van der Waals surface area contributed by atoms with Crippen LogP contribution in [0.4, 0.5) is 5.69 Å². The van der Waals surface area contributed by atoms with Gasteiger partial charge in [-0.05, 0) is 42.8 Å². The summed E-state index contributed by atoms with van der Waals surface area (Å²) in [5, 5.41) is 3.74. The molecule has 0 aliphatic carbocycles. The van der Waals surface area contributed by atoms with Gasteiger partial charge in [0.2, 0.25) is 0 Å². The first kappa shape index (κ1) is 16.1. The predicted molar refractivity (Wildman–Crippen MR) is 92.6 cm³/mol. The number of hydrogen-bond donors (Lipinski definition) is 1. The van der Waals surface area contributed by atoms with E-state index in [1.807, 2.05) is 37.3 Å². The van der Waals surface area contributed by atoms with Crippen molar-refractivity contribution >= 4 is 22.6 Å². The van der Waals surface area contributed by atoms with Gasteiger partial charge in [0.25, 0.3) is 5.91 Å². The molecule has 0 aliphatic rings. The Kier molecular flexibility index (Phi) is 4.53. The van der Waals surface area contributed by atoms with Gasteiger partial charge in [0.1, 0.15) is 11.3 Å². The van der Waals surface area contributed by atoms with Crippen molar-refractivity contribution in [3.05, 3.63) is 59.4 Å². The Hall–Kier alpha value is -2.79. The summed E-state index contributed by atoms with van der Waals surface area (Å²) in [4.78, 5) is 12.6. The number of amides is 1. The van der Waals surface area contributed by atoms with Gasteiger partial charge in [-0.3, -0.25) is 4.79 Å². The molecule has 0 bridgehead atoms. The molecule has 0 radical (unpaired) electrons. The summed E-state index contributed by atoms with van der Waals surface area (Å²) < 4.78 is 16.1. The summed E-state index contributed by atoms with van der Waals surface area (Å²) in [5.74, 6) is 0.748. The van der Waals surface area contributed by atoms with E-state index in [1.54, 1.807) is 26.4 Å². The fourth-order valence-electron chi connectivity index (χ4n) is 2.64. The molecule has 124 valence electrons. The lowest BCUT2D eigenvalue weighted by atomic mass is 10.1. The van der Waals surface area contributed by atoms with Crippen LogP contribution in [0.25, 0.3) is 11.0 Å². The lowest BCUT2D eigenvalue weighted by Gasteiger charge is -2.06. The summed E-state index contributed by atoms with van der Waals surface area (Å²) >= 11 is 0. The number of carbonyl (C=O) groups excluding carboxylic acids is 1. The second-order valence-electron chi connectivity index (χ2n) is 5.51. The van der Waals surface area contributed by atoms with E-state index in [9.17, 15) is 4.79 Å². The quantitative estimate of drug-likeness (QED) is 0.765. The molecule has 3 aromatic rings. The summed E-state index contributed by atoms with van der Waals surface area (Å²) in [7, 11) is 3.24. The molecule has 0 aliphatic heterocycles. The third kappa shape index (κ3) is 3.12. The van der Waals surface area contributed by atoms with Crippen molar-refractivity contribution in [3.8, 4) is 5.75 Å². The van der Waals surface area contributed by atoms with Gasteiger partial charge in [-0.2, -0.15) is 0 Å². The number of aryl methyl sites for hydroxylation is 1. The summed E-state index contributed by atoms with van der Waals surface area (Å²) in [6.45, 7) is 2.36. The van der Waals surface area contributed by atoms with Crippen LogP contribution in [0.1, 0.15) is 21.7 Å². The van der Waals surface area contributed by atoms with Crippen LogP contribution in [-0.4, -0.2) is 20.1 Å². The Morgan fingerprint density at radius 2 is 2.00 bits per heavy atom. The standard InChI is InChI=1S/C19H19NO4/c1-12-16-10-15(23-3)7-8-17(16)24-18(12)19(21)20-14-6-4-5-13(9-14)11-22-2/h4-10H,11H2,1-3H3,(H,20,21). The fraction of sp³-hybridized carbons (Fsp3) is 0.211. The van der Waals surface area contributed by atoms with Crippen LogP contribution in [0.2, 0.25) is 0 Å². The zero-order valence-corrected chi connectivity index (χ0v) is 13.9. The zero-order valence-electron chi connectivity index (χ0n) is 13.9. The molecule has 1 amide bonds. The van der Waals surface area contributed by atoms with Crippen molar-refractivity contribution in [1.29, 1.82) is 0 Å². The molecule has 24 heavy (non-hydrogen) atoms. The van der Waals surface area contributed by atoms with Gasteiger partial charge in [-0.25, -0.2) is 0 Å². The highest BCUT2D eigenvalue weighted by atomic mass is 16.5. The van der Waals surface area contributed by atoms with Crippen LogP contribution in [0.3, 0.4) is 0 Å². The Morgan fingerprint density at radius 3 is 2.75 bits per heavy atom. The molecule has 2 aromatic carbocycles. The average Bonchev–Trinajstić information content (AvgIpc) is 2.92. The number of furan rings is 1. The lowest BCUT2D eigenvalue weighted by molar-refractivity contribution is 0.0998. The van der Waals surface area contributed by atoms with E-state index in [2.05, 4.69) is 5.32 Å². The van der Waals surface area contributed by atoms with Gasteiger partial charge < -0.3 is 19.2 Å². The second kappa shape index (κ2) is 6.76. The number of hydrogen-bond acceptors (Lipinski definition) is 4. The molecule has 1 N–H and O–H groups in total. The zero-order chi connectivity index (χ0) is 17.1.